The molecule has 2 atom stereocenters. The van der Waals surface area contributed by atoms with Crippen molar-refractivity contribution in [2.45, 2.75) is 45.6 Å². The van der Waals surface area contributed by atoms with Gasteiger partial charge in [-0.05, 0) is 63.3 Å². The van der Waals surface area contributed by atoms with Gasteiger partial charge < -0.3 is 4.90 Å². The normalized spacial score (nSPS) is 26.8. The summed E-state index contributed by atoms with van der Waals surface area (Å²) in [6.45, 7) is 5.13. The van der Waals surface area contributed by atoms with Crippen molar-refractivity contribution in [2.75, 3.05) is 16.5 Å². The van der Waals surface area contributed by atoms with Crippen molar-refractivity contribution >= 4 is 23.0 Å². The number of fused-ring (bicyclic) bond motifs is 4. The highest BCUT2D eigenvalue weighted by Crippen LogP contribution is 2.49. The number of amides is 1. The lowest BCUT2D eigenvalue weighted by Crippen LogP contribution is -2.61. The zero-order valence-electron chi connectivity index (χ0n) is 16.0. The summed E-state index contributed by atoms with van der Waals surface area (Å²) in [7, 11) is 0. The predicted octanol–water partition coefficient (Wildman–Crippen LogP) is 4.32. The highest BCUT2D eigenvalue weighted by molar-refractivity contribution is 6.20. The third-order valence-corrected chi connectivity index (χ3v) is 6.59. The summed E-state index contributed by atoms with van der Waals surface area (Å²) in [5.41, 5.74) is 5.04. The van der Waals surface area contributed by atoms with Gasteiger partial charge in [-0.2, -0.15) is 10.1 Å². The van der Waals surface area contributed by atoms with E-state index in [9.17, 15) is 4.79 Å². The van der Waals surface area contributed by atoms with Crippen molar-refractivity contribution in [3.05, 3.63) is 59.7 Å². The van der Waals surface area contributed by atoms with Crippen LogP contribution in [0.3, 0.4) is 0 Å². The topological polar surface area (TPSA) is 35.9 Å². The zero-order valence-corrected chi connectivity index (χ0v) is 16.0. The Hall–Kier alpha value is -2.62. The number of hydrogen-bond acceptors (Lipinski definition) is 3. The predicted molar refractivity (Wildman–Crippen MR) is 109 cm³/mol. The molecule has 3 heterocycles. The molecule has 0 radical (unpaired) electrons. The molecule has 27 heavy (non-hydrogen) atoms. The molecular weight excluding hydrogens is 334 g/mol. The van der Waals surface area contributed by atoms with Crippen LogP contribution in [0.25, 0.3) is 0 Å². The van der Waals surface area contributed by atoms with Gasteiger partial charge in [0.25, 0.3) is 5.91 Å². The lowest BCUT2D eigenvalue weighted by atomic mass is 9.66. The van der Waals surface area contributed by atoms with E-state index in [4.69, 9.17) is 5.10 Å². The standard InChI is InChI=1S/C23H25N3O/c1-16-10-12-19(13-11-16)26-22(27)23(17(2)24-26)15-18-7-3-4-8-20(18)25-14-6-5-9-21(23)25/h3-4,7-8,10-13,21H,5-6,9,14-15H2,1-2H3/t21-,23+/m0/s1. The van der Waals surface area contributed by atoms with Crippen molar-refractivity contribution in [1.29, 1.82) is 0 Å². The van der Waals surface area contributed by atoms with Gasteiger partial charge in [-0.1, -0.05) is 35.9 Å². The number of para-hydroxylation sites is 1. The Morgan fingerprint density at radius 1 is 1.04 bits per heavy atom. The lowest BCUT2D eigenvalue weighted by molar-refractivity contribution is -0.125. The number of hydrazone groups is 1. The van der Waals surface area contributed by atoms with Gasteiger partial charge in [-0.3, -0.25) is 4.79 Å². The Balaban J connectivity index is 1.62. The first-order chi connectivity index (χ1) is 13.1. The smallest absolute Gasteiger partial charge is 0.261 e. The summed E-state index contributed by atoms with van der Waals surface area (Å²) in [4.78, 5) is 16.3. The van der Waals surface area contributed by atoms with E-state index in [0.717, 1.165) is 30.8 Å². The molecule has 138 valence electrons. The zero-order chi connectivity index (χ0) is 18.6. The summed E-state index contributed by atoms with van der Waals surface area (Å²) < 4.78 is 0. The molecular formula is C23H25N3O. The van der Waals surface area contributed by atoms with Gasteiger partial charge in [0.15, 0.2) is 0 Å². The third kappa shape index (κ3) is 2.29. The molecule has 2 aromatic rings. The Labute approximate surface area is 160 Å². The average molecular weight is 359 g/mol. The number of nitrogens with zero attached hydrogens (tertiary/aromatic N) is 3. The Bertz CT molecular complexity index is 933. The van der Waals surface area contributed by atoms with E-state index in [0.29, 0.717) is 0 Å². The first-order valence-electron chi connectivity index (χ1n) is 9.93. The molecule has 5 rings (SSSR count). The number of rotatable bonds is 1. The van der Waals surface area contributed by atoms with E-state index in [1.165, 1.54) is 29.7 Å². The highest BCUT2D eigenvalue weighted by Gasteiger charge is 2.58. The molecule has 0 N–H and O–H groups in total. The second kappa shape index (κ2) is 5.95. The van der Waals surface area contributed by atoms with Crippen molar-refractivity contribution in [2.24, 2.45) is 10.5 Å². The maximum absolute atomic E-state index is 13.8. The van der Waals surface area contributed by atoms with Crippen molar-refractivity contribution in [3.8, 4) is 0 Å². The average Bonchev–Trinajstić information content (AvgIpc) is 2.94. The maximum Gasteiger partial charge on any atom is 0.261 e. The van der Waals surface area contributed by atoms with Gasteiger partial charge in [0.05, 0.1) is 11.4 Å². The van der Waals surface area contributed by atoms with Crippen LogP contribution in [0.15, 0.2) is 53.6 Å². The van der Waals surface area contributed by atoms with Gasteiger partial charge in [0, 0.05) is 18.3 Å². The molecule has 3 aliphatic heterocycles. The summed E-state index contributed by atoms with van der Waals surface area (Å²) in [6, 6.07) is 16.9. The number of benzene rings is 2. The van der Waals surface area contributed by atoms with Gasteiger partial charge in [-0.25, -0.2) is 0 Å². The number of carbonyl (C=O) groups excluding carboxylic acids is 1. The van der Waals surface area contributed by atoms with Crippen molar-refractivity contribution in [3.63, 3.8) is 0 Å². The molecule has 0 unspecified atom stereocenters. The quantitative estimate of drug-likeness (QED) is 0.760. The third-order valence-electron chi connectivity index (χ3n) is 6.59. The van der Waals surface area contributed by atoms with E-state index in [-0.39, 0.29) is 11.9 Å². The fourth-order valence-corrected chi connectivity index (χ4v) is 5.17. The summed E-state index contributed by atoms with van der Waals surface area (Å²) >= 11 is 0. The fourth-order valence-electron chi connectivity index (χ4n) is 5.17. The summed E-state index contributed by atoms with van der Waals surface area (Å²) in [5.74, 6) is 0.134. The van der Waals surface area contributed by atoms with Crippen LogP contribution >= 0.6 is 0 Å². The minimum atomic E-state index is -0.542. The molecule has 1 amide bonds. The molecule has 3 aliphatic rings. The van der Waals surface area contributed by atoms with Crippen LogP contribution in [0.2, 0.25) is 0 Å². The Morgan fingerprint density at radius 2 is 1.81 bits per heavy atom. The van der Waals surface area contributed by atoms with Crippen LogP contribution in [0.5, 0.6) is 0 Å². The van der Waals surface area contributed by atoms with Gasteiger partial charge in [-0.15, -0.1) is 0 Å². The number of carbonyl (C=O) groups is 1. The van der Waals surface area contributed by atoms with E-state index in [2.05, 4.69) is 36.1 Å². The van der Waals surface area contributed by atoms with Crippen LogP contribution in [-0.2, 0) is 11.2 Å². The SMILES string of the molecule is CC1=NN(c2ccc(C)cc2)C(=O)[C@]12Cc1ccccc1N1CCCC[C@H]12. The van der Waals surface area contributed by atoms with Crippen LogP contribution in [-0.4, -0.2) is 24.2 Å². The van der Waals surface area contributed by atoms with E-state index in [1.807, 2.05) is 31.2 Å². The Kier molecular flexibility index (Phi) is 3.64. The van der Waals surface area contributed by atoms with Crippen LogP contribution in [0, 0.1) is 12.3 Å². The highest BCUT2D eigenvalue weighted by atomic mass is 16.2. The molecule has 4 nitrogen and oxygen atoms in total. The van der Waals surface area contributed by atoms with E-state index >= 15 is 0 Å². The molecule has 2 aromatic carbocycles. The fraction of sp³-hybridized carbons (Fsp3) is 0.391. The van der Waals surface area contributed by atoms with Crippen molar-refractivity contribution in [1.82, 2.24) is 0 Å². The summed E-state index contributed by atoms with van der Waals surface area (Å²) in [5, 5.41) is 6.43. The monoisotopic (exact) mass is 359 g/mol. The van der Waals surface area contributed by atoms with Gasteiger partial charge >= 0.3 is 0 Å². The molecule has 1 fully saturated rings. The first-order valence-corrected chi connectivity index (χ1v) is 9.93. The molecule has 0 aliphatic carbocycles. The number of piperidine rings is 1. The molecule has 0 bridgehead atoms. The minimum absolute atomic E-state index is 0.134. The van der Waals surface area contributed by atoms with Crippen LogP contribution in [0.4, 0.5) is 11.4 Å². The molecule has 1 saturated heterocycles. The van der Waals surface area contributed by atoms with Crippen LogP contribution < -0.4 is 9.91 Å². The lowest BCUT2D eigenvalue weighted by Gasteiger charge is -2.51. The molecule has 4 heteroatoms. The molecule has 0 saturated carbocycles. The van der Waals surface area contributed by atoms with E-state index in [1.54, 1.807) is 5.01 Å². The van der Waals surface area contributed by atoms with E-state index < -0.39 is 5.41 Å². The van der Waals surface area contributed by atoms with Gasteiger partial charge in [0.1, 0.15) is 5.41 Å². The Morgan fingerprint density at radius 3 is 2.63 bits per heavy atom. The number of aryl methyl sites for hydroxylation is 1. The number of hydrogen-bond donors (Lipinski definition) is 0. The second-order valence-electron chi connectivity index (χ2n) is 8.12. The van der Waals surface area contributed by atoms with Crippen LogP contribution in [0.1, 0.15) is 37.3 Å². The maximum atomic E-state index is 13.8. The second-order valence-corrected chi connectivity index (χ2v) is 8.12. The first kappa shape index (κ1) is 16.5. The molecule has 1 spiro atoms. The van der Waals surface area contributed by atoms with Gasteiger partial charge in [0.2, 0.25) is 0 Å². The summed E-state index contributed by atoms with van der Waals surface area (Å²) in [6.07, 6.45) is 4.17. The largest absolute Gasteiger partial charge is 0.367 e. The van der Waals surface area contributed by atoms with Crippen molar-refractivity contribution < 1.29 is 4.79 Å². The molecule has 0 aromatic heterocycles. The minimum Gasteiger partial charge on any atom is -0.367 e. The number of anilines is 2.